The number of carbonyl (C=O) groups is 3. The average Bonchev–Trinajstić information content (AvgIpc) is 3.33. The molecule has 4 heterocycles. The van der Waals surface area contributed by atoms with Gasteiger partial charge >= 0.3 is 0 Å². The molecule has 6 heteroatoms. The molecule has 3 saturated heterocycles. The Labute approximate surface area is 158 Å². The minimum absolute atomic E-state index is 0.0534. The summed E-state index contributed by atoms with van der Waals surface area (Å²) in [5, 5.41) is 3.03. The van der Waals surface area contributed by atoms with E-state index in [0.717, 1.165) is 47.5 Å². The highest BCUT2D eigenvalue weighted by Crippen LogP contribution is 2.52. The molecule has 142 valence electrons. The third-order valence-corrected chi connectivity index (χ3v) is 7.44. The molecule has 0 saturated carbocycles. The second kappa shape index (κ2) is 5.41. The molecule has 2 N–H and O–H groups in total. The topological polar surface area (TPSA) is 70.9 Å². The monoisotopic (exact) mass is 368 g/mol. The molecular formula is C21H26N3O3+. The first kappa shape index (κ1) is 16.9. The fourth-order valence-electron chi connectivity index (χ4n) is 6.21. The van der Waals surface area contributed by atoms with Crippen molar-refractivity contribution in [2.45, 2.75) is 57.7 Å². The van der Waals surface area contributed by atoms with Crippen molar-refractivity contribution in [3.8, 4) is 0 Å². The molecule has 5 rings (SSSR count). The van der Waals surface area contributed by atoms with Gasteiger partial charge in [0.2, 0.25) is 17.4 Å². The van der Waals surface area contributed by atoms with Crippen LogP contribution in [0.15, 0.2) is 18.2 Å². The van der Waals surface area contributed by atoms with Gasteiger partial charge in [0.05, 0.1) is 12.2 Å². The summed E-state index contributed by atoms with van der Waals surface area (Å²) in [6.45, 7) is 6.76. The number of benzene rings is 1. The van der Waals surface area contributed by atoms with E-state index >= 15 is 0 Å². The highest BCUT2D eigenvalue weighted by Gasteiger charge is 2.78. The minimum Gasteiger partial charge on any atom is -0.320 e. The number of amides is 3. The van der Waals surface area contributed by atoms with E-state index in [1.54, 1.807) is 0 Å². The van der Waals surface area contributed by atoms with Crippen LogP contribution in [0, 0.1) is 18.8 Å². The number of aryl methyl sites for hydroxylation is 1. The Morgan fingerprint density at radius 1 is 1.30 bits per heavy atom. The van der Waals surface area contributed by atoms with Crippen LogP contribution in [-0.4, -0.2) is 41.2 Å². The normalized spacial score (nSPS) is 37.6. The molecule has 1 aromatic carbocycles. The Hall–Kier alpha value is -2.21. The van der Waals surface area contributed by atoms with E-state index in [-0.39, 0.29) is 35.7 Å². The SMILES string of the molecule is CC[C@H](C)N1C(=O)[C@@H]2[C@H]3CCC[NH+]3[C@@]3(C(=O)Nc4ccc(C)cc43)[C@@H]2C1=O. The van der Waals surface area contributed by atoms with Crippen molar-refractivity contribution in [2.24, 2.45) is 11.8 Å². The maximum atomic E-state index is 13.5. The van der Waals surface area contributed by atoms with E-state index in [9.17, 15) is 14.4 Å². The average molecular weight is 368 g/mol. The molecule has 27 heavy (non-hydrogen) atoms. The largest absolute Gasteiger partial charge is 0.320 e. The lowest BCUT2D eigenvalue weighted by molar-refractivity contribution is -0.948. The molecule has 0 bridgehead atoms. The maximum absolute atomic E-state index is 13.5. The summed E-state index contributed by atoms with van der Waals surface area (Å²) in [5.74, 6) is -1.27. The summed E-state index contributed by atoms with van der Waals surface area (Å²) in [6.07, 6.45) is 2.62. The number of likely N-dealkylation sites (tertiary alicyclic amines) is 1. The van der Waals surface area contributed by atoms with E-state index in [2.05, 4.69) is 5.32 Å². The molecule has 6 nitrogen and oxygen atoms in total. The van der Waals surface area contributed by atoms with Crippen molar-refractivity contribution in [3.63, 3.8) is 0 Å². The Morgan fingerprint density at radius 3 is 2.81 bits per heavy atom. The lowest BCUT2D eigenvalue weighted by Crippen LogP contribution is -3.19. The highest BCUT2D eigenvalue weighted by molar-refractivity contribution is 6.14. The fourth-order valence-corrected chi connectivity index (χ4v) is 6.21. The highest BCUT2D eigenvalue weighted by atomic mass is 16.2. The maximum Gasteiger partial charge on any atom is 0.291 e. The summed E-state index contributed by atoms with van der Waals surface area (Å²) in [5.41, 5.74) is 1.82. The first-order valence-electron chi connectivity index (χ1n) is 10.1. The molecule has 0 radical (unpaired) electrons. The number of hydrogen-bond acceptors (Lipinski definition) is 3. The molecule has 3 amide bonds. The molecular weight excluding hydrogens is 342 g/mol. The van der Waals surface area contributed by atoms with Crippen LogP contribution >= 0.6 is 0 Å². The Balaban J connectivity index is 1.74. The van der Waals surface area contributed by atoms with Crippen LogP contribution in [0.25, 0.3) is 0 Å². The number of carbonyl (C=O) groups excluding carboxylic acids is 3. The molecule has 1 aromatic rings. The predicted molar refractivity (Wildman–Crippen MR) is 98.9 cm³/mol. The lowest BCUT2D eigenvalue weighted by Gasteiger charge is -2.34. The van der Waals surface area contributed by atoms with E-state index in [4.69, 9.17) is 0 Å². The van der Waals surface area contributed by atoms with Crippen LogP contribution in [0.2, 0.25) is 0 Å². The molecule has 6 atom stereocenters. The van der Waals surface area contributed by atoms with Crippen molar-refractivity contribution in [1.29, 1.82) is 0 Å². The van der Waals surface area contributed by atoms with Gasteiger partial charge < -0.3 is 10.2 Å². The first-order valence-corrected chi connectivity index (χ1v) is 10.1. The van der Waals surface area contributed by atoms with E-state index in [1.165, 1.54) is 4.90 Å². The van der Waals surface area contributed by atoms with Crippen LogP contribution in [-0.2, 0) is 19.9 Å². The van der Waals surface area contributed by atoms with Gasteiger partial charge in [-0.15, -0.1) is 0 Å². The second-order valence-corrected chi connectivity index (χ2v) is 8.64. The van der Waals surface area contributed by atoms with Gasteiger partial charge in [-0.3, -0.25) is 19.3 Å². The van der Waals surface area contributed by atoms with E-state index < -0.39 is 11.5 Å². The first-order chi connectivity index (χ1) is 12.9. The van der Waals surface area contributed by atoms with Crippen molar-refractivity contribution in [1.82, 2.24) is 4.90 Å². The van der Waals surface area contributed by atoms with Crippen LogP contribution in [0.3, 0.4) is 0 Å². The number of anilines is 1. The molecule has 4 aliphatic rings. The number of imide groups is 1. The number of nitrogens with zero attached hydrogens (tertiary/aromatic N) is 1. The Kier molecular flexibility index (Phi) is 3.39. The van der Waals surface area contributed by atoms with Crippen molar-refractivity contribution >= 4 is 23.4 Å². The molecule has 0 aliphatic carbocycles. The number of rotatable bonds is 2. The van der Waals surface area contributed by atoms with Crippen LogP contribution in [0.1, 0.15) is 44.2 Å². The molecule has 3 fully saturated rings. The van der Waals surface area contributed by atoms with Crippen LogP contribution in [0.5, 0.6) is 0 Å². The quantitative estimate of drug-likeness (QED) is 0.751. The zero-order valence-corrected chi connectivity index (χ0v) is 16.0. The van der Waals surface area contributed by atoms with Crippen LogP contribution in [0.4, 0.5) is 5.69 Å². The molecule has 1 spiro atoms. The number of fused-ring (bicyclic) bond motifs is 7. The summed E-state index contributed by atoms with van der Waals surface area (Å²) in [7, 11) is 0. The Bertz CT molecular complexity index is 881. The van der Waals surface area contributed by atoms with Gasteiger partial charge in [0, 0.05) is 24.4 Å². The summed E-state index contributed by atoms with van der Waals surface area (Å²) in [6, 6.07) is 5.88. The summed E-state index contributed by atoms with van der Waals surface area (Å²) in [4.78, 5) is 42.9. The molecule has 1 unspecified atom stereocenters. The number of hydrogen-bond donors (Lipinski definition) is 2. The molecule has 0 aromatic heterocycles. The summed E-state index contributed by atoms with van der Waals surface area (Å²) >= 11 is 0. The van der Waals surface area contributed by atoms with Crippen molar-refractivity contribution < 1.29 is 19.3 Å². The van der Waals surface area contributed by atoms with Gasteiger partial charge in [-0.25, -0.2) is 0 Å². The van der Waals surface area contributed by atoms with Gasteiger partial charge in [0.1, 0.15) is 17.9 Å². The van der Waals surface area contributed by atoms with Crippen molar-refractivity contribution in [3.05, 3.63) is 29.3 Å². The zero-order valence-electron chi connectivity index (χ0n) is 16.0. The third-order valence-electron chi connectivity index (χ3n) is 7.44. The van der Waals surface area contributed by atoms with Crippen LogP contribution < -0.4 is 10.2 Å². The predicted octanol–water partition coefficient (Wildman–Crippen LogP) is 0.603. The van der Waals surface area contributed by atoms with Gasteiger partial charge in [0.15, 0.2) is 0 Å². The standard InChI is InChI=1S/C21H25N3O3/c1-4-12(3)24-18(25)16-15-6-5-9-23(15)21(17(16)19(24)26)13-10-11(2)7-8-14(13)22-20(21)27/h7-8,10,12,15-17H,4-6,9H2,1-3H3,(H,22,27)/p+1/t12-,15+,16+,17-,21+/m0/s1. The number of quaternary nitrogens is 1. The van der Waals surface area contributed by atoms with Gasteiger partial charge in [0.25, 0.3) is 5.91 Å². The van der Waals surface area contributed by atoms with Gasteiger partial charge in [-0.1, -0.05) is 18.6 Å². The molecule has 4 aliphatic heterocycles. The second-order valence-electron chi connectivity index (χ2n) is 8.64. The van der Waals surface area contributed by atoms with Crippen molar-refractivity contribution in [2.75, 3.05) is 11.9 Å². The van der Waals surface area contributed by atoms with Gasteiger partial charge in [-0.05, 0) is 32.4 Å². The minimum atomic E-state index is -0.956. The Morgan fingerprint density at radius 2 is 2.07 bits per heavy atom. The summed E-state index contributed by atoms with van der Waals surface area (Å²) < 4.78 is 0. The smallest absolute Gasteiger partial charge is 0.291 e. The lowest BCUT2D eigenvalue weighted by atomic mass is 9.75. The number of nitrogens with one attached hydrogen (secondary N) is 2. The third kappa shape index (κ3) is 1.82. The van der Waals surface area contributed by atoms with E-state index in [0.29, 0.717) is 0 Å². The van der Waals surface area contributed by atoms with Gasteiger partial charge in [-0.2, -0.15) is 0 Å². The zero-order chi connectivity index (χ0) is 19.1. The fraction of sp³-hybridized carbons (Fsp3) is 0.571. The van der Waals surface area contributed by atoms with E-state index in [1.807, 2.05) is 39.0 Å².